The first kappa shape index (κ1) is 19.1. The summed E-state index contributed by atoms with van der Waals surface area (Å²) in [6.45, 7) is 0. The van der Waals surface area contributed by atoms with Crippen LogP contribution >= 0.6 is 12.2 Å². The summed E-state index contributed by atoms with van der Waals surface area (Å²) in [5, 5.41) is 21.3. The molecular formula is C19H14N2O6S. The topological polar surface area (TPSA) is 116 Å². The Balaban J connectivity index is 2.02. The van der Waals surface area contributed by atoms with Crippen LogP contribution < -0.4 is 15.0 Å². The van der Waals surface area contributed by atoms with E-state index in [1.54, 1.807) is 6.07 Å². The summed E-state index contributed by atoms with van der Waals surface area (Å²) in [5.74, 6) is -2.48. The van der Waals surface area contributed by atoms with Gasteiger partial charge in [0.05, 0.1) is 18.4 Å². The number of benzene rings is 2. The third-order valence-corrected chi connectivity index (χ3v) is 4.25. The number of hydrogen-bond donors (Lipinski definition) is 3. The number of phenolic OH excluding ortho intramolecular Hbond substituents is 1. The molecule has 0 aromatic heterocycles. The van der Waals surface area contributed by atoms with Gasteiger partial charge in [-0.2, -0.15) is 0 Å². The molecule has 2 amide bonds. The van der Waals surface area contributed by atoms with Crippen molar-refractivity contribution in [2.75, 3.05) is 12.0 Å². The lowest BCUT2D eigenvalue weighted by atomic mass is 10.1. The summed E-state index contributed by atoms with van der Waals surface area (Å²) in [6.07, 6.45) is 1.30. The molecule has 0 atom stereocenters. The van der Waals surface area contributed by atoms with Crippen LogP contribution in [-0.4, -0.2) is 40.2 Å². The molecule has 1 aliphatic rings. The van der Waals surface area contributed by atoms with Gasteiger partial charge < -0.3 is 14.9 Å². The number of rotatable bonds is 4. The van der Waals surface area contributed by atoms with E-state index in [9.17, 15) is 19.5 Å². The molecule has 0 aliphatic carbocycles. The molecule has 3 rings (SSSR count). The standard InChI is InChI=1S/C19H14N2O6S/c1-27-15-6-5-10(8-14(15)22)7-13-16(23)20-19(28)21(17(13)24)12-4-2-3-11(9-12)18(25)26/h2-9,22H,1H3,(H,25,26)(H,20,23,28). The number of amides is 2. The van der Waals surface area contributed by atoms with E-state index in [2.05, 4.69) is 5.32 Å². The van der Waals surface area contributed by atoms with E-state index >= 15 is 0 Å². The van der Waals surface area contributed by atoms with Crippen LogP contribution in [0, 0.1) is 0 Å². The Labute approximate surface area is 164 Å². The van der Waals surface area contributed by atoms with Gasteiger partial charge in [0.2, 0.25) is 0 Å². The largest absolute Gasteiger partial charge is 0.504 e. The molecule has 9 heteroatoms. The van der Waals surface area contributed by atoms with E-state index in [0.717, 1.165) is 4.90 Å². The van der Waals surface area contributed by atoms with E-state index in [-0.39, 0.29) is 33.4 Å². The normalized spacial score (nSPS) is 15.5. The minimum atomic E-state index is -1.16. The fraction of sp³-hybridized carbons (Fsp3) is 0.0526. The molecule has 1 saturated heterocycles. The highest BCUT2D eigenvalue weighted by Gasteiger charge is 2.34. The molecule has 1 aliphatic heterocycles. The first-order valence-corrected chi connectivity index (χ1v) is 8.34. The molecule has 0 radical (unpaired) electrons. The van der Waals surface area contributed by atoms with Crippen molar-refractivity contribution in [3.8, 4) is 11.5 Å². The quantitative estimate of drug-likeness (QED) is 0.409. The number of anilines is 1. The van der Waals surface area contributed by atoms with Crippen LogP contribution in [0.4, 0.5) is 5.69 Å². The molecule has 3 N–H and O–H groups in total. The van der Waals surface area contributed by atoms with Crippen molar-refractivity contribution in [3.63, 3.8) is 0 Å². The van der Waals surface area contributed by atoms with Gasteiger partial charge in [0.15, 0.2) is 16.6 Å². The monoisotopic (exact) mass is 398 g/mol. The van der Waals surface area contributed by atoms with Gasteiger partial charge in [-0.3, -0.25) is 19.8 Å². The maximum absolute atomic E-state index is 12.9. The molecule has 0 spiro atoms. The molecule has 0 bridgehead atoms. The average Bonchev–Trinajstić information content (AvgIpc) is 2.65. The van der Waals surface area contributed by atoms with Gasteiger partial charge in [-0.05, 0) is 54.2 Å². The average molecular weight is 398 g/mol. The number of nitrogens with zero attached hydrogens (tertiary/aromatic N) is 1. The van der Waals surface area contributed by atoms with E-state index in [4.69, 9.17) is 22.1 Å². The Kier molecular flexibility index (Phi) is 5.10. The van der Waals surface area contributed by atoms with Crippen molar-refractivity contribution in [1.29, 1.82) is 0 Å². The highest BCUT2D eigenvalue weighted by atomic mass is 32.1. The lowest BCUT2D eigenvalue weighted by Gasteiger charge is -2.29. The molecule has 1 heterocycles. The van der Waals surface area contributed by atoms with Crippen molar-refractivity contribution >= 4 is 46.9 Å². The van der Waals surface area contributed by atoms with Crippen LogP contribution in [0.5, 0.6) is 11.5 Å². The van der Waals surface area contributed by atoms with Crippen LogP contribution in [0.3, 0.4) is 0 Å². The summed E-state index contributed by atoms with van der Waals surface area (Å²) < 4.78 is 4.96. The molecule has 1 fully saturated rings. The van der Waals surface area contributed by atoms with Gasteiger partial charge in [0, 0.05) is 0 Å². The zero-order valence-corrected chi connectivity index (χ0v) is 15.3. The first-order chi connectivity index (χ1) is 13.3. The zero-order chi connectivity index (χ0) is 20.4. The highest BCUT2D eigenvalue weighted by Crippen LogP contribution is 2.28. The summed E-state index contributed by atoms with van der Waals surface area (Å²) in [6, 6.07) is 10.0. The van der Waals surface area contributed by atoms with Crippen LogP contribution in [0.1, 0.15) is 15.9 Å². The predicted octanol–water partition coefficient (Wildman–Crippen LogP) is 1.93. The number of hydrogen-bond acceptors (Lipinski definition) is 6. The third kappa shape index (κ3) is 3.55. The van der Waals surface area contributed by atoms with Crippen LogP contribution in [0.15, 0.2) is 48.0 Å². The maximum atomic E-state index is 12.9. The number of thiocarbonyl (C=S) groups is 1. The van der Waals surface area contributed by atoms with E-state index in [0.29, 0.717) is 5.56 Å². The summed E-state index contributed by atoms with van der Waals surface area (Å²) in [7, 11) is 1.40. The molecule has 2 aromatic rings. The summed E-state index contributed by atoms with van der Waals surface area (Å²) in [4.78, 5) is 37.4. The molecule has 0 unspecified atom stereocenters. The van der Waals surface area contributed by atoms with Crippen molar-refractivity contribution < 1.29 is 29.3 Å². The number of aromatic hydroxyl groups is 1. The molecule has 2 aromatic carbocycles. The van der Waals surface area contributed by atoms with Crippen LogP contribution in [-0.2, 0) is 9.59 Å². The van der Waals surface area contributed by atoms with E-state index < -0.39 is 17.8 Å². The summed E-state index contributed by atoms with van der Waals surface area (Å²) >= 11 is 5.09. The Hall–Kier alpha value is -3.72. The Morgan fingerprint density at radius 1 is 1.21 bits per heavy atom. The number of nitrogens with one attached hydrogen (secondary N) is 1. The van der Waals surface area contributed by atoms with Gasteiger partial charge in [0.25, 0.3) is 11.8 Å². The second kappa shape index (κ2) is 7.49. The molecule has 28 heavy (non-hydrogen) atoms. The number of carboxylic acid groups (broad SMARTS) is 1. The molecule has 142 valence electrons. The van der Waals surface area contributed by atoms with Crippen molar-refractivity contribution in [2.45, 2.75) is 0 Å². The fourth-order valence-corrected chi connectivity index (χ4v) is 2.91. The van der Waals surface area contributed by atoms with Gasteiger partial charge in [-0.1, -0.05) is 12.1 Å². The number of ether oxygens (including phenoxy) is 1. The van der Waals surface area contributed by atoms with Gasteiger partial charge >= 0.3 is 5.97 Å². The number of carbonyl (C=O) groups excluding carboxylic acids is 2. The minimum Gasteiger partial charge on any atom is -0.504 e. The molecule has 8 nitrogen and oxygen atoms in total. The SMILES string of the molecule is COc1ccc(C=C2C(=O)NC(=S)N(c3cccc(C(=O)O)c3)C2=O)cc1O. The number of carboxylic acids is 1. The predicted molar refractivity (Wildman–Crippen MR) is 104 cm³/mol. The Morgan fingerprint density at radius 3 is 2.61 bits per heavy atom. The molecular weight excluding hydrogens is 384 g/mol. The van der Waals surface area contributed by atoms with Crippen LogP contribution in [0.25, 0.3) is 6.08 Å². The highest BCUT2D eigenvalue weighted by molar-refractivity contribution is 7.80. The van der Waals surface area contributed by atoms with E-state index in [1.807, 2.05) is 0 Å². The number of methoxy groups -OCH3 is 1. The smallest absolute Gasteiger partial charge is 0.335 e. The van der Waals surface area contributed by atoms with Crippen molar-refractivity contribution in [1.82, 2.24) is 5.32 Å². The van der Waals surface area contributed by atoms with Gasteiger partial charge in [-0.25, -0.2) is 4.79 Å². The lowest BCUT2D eigenvalue weighted by molar-refractivity contribution is -0.122. The third-order valence-electron chi connectivity index (χ3n) is 3.97. The Bertz CT molecular complexity index is 1050. The molecule has 0 saturated carbocycles. The first-order valence-electron chi connectivity index (χ1n) is 7.93. The fourth-order valence-electron chi connectivity index (χ4n) is 2.63. The van der Waals surface area contributed by atoms with E-state index in [1.165, 1.54) is 49.6 Å². The zero-order valence-electron chi connectivity index (χ0n) is 14.5. The number of aromatic carboxylic acids is 1. The summed E-state index contributed by atoms with van der Waals surface area (Å²) in [5.41, 5.74) is 0.344. The minimum absolute atomic E-state index is 0.0318. The van der Waals surface area contributed by atoms with Gasteiger partial charge in [-0.15, -0.1) is 0 Å². The van der Waals surface area contributed by atoms with Crippen molar-refractivity contribution in [3.05, 3.63) is 59.2 Å². The lowest BCUT2D eigenvalue weighted by Crippen LogP contribution is -2.54. The van der Waals surface area contributed by atoms with Crippen molar-refractivity contribution in [2.24, 2.45) is 0 Å². The van der Waals surface area contributed by atoms with Crippen LogP contribution in [0.2, 0.25) is 0 Å². The second-order valence-corrected chi connectivity index (χ2v) is 6.13. The number of phenols is 1. The maximum Gasteiger partial charge on any atom is 0.335 e. The number of carbonyl (C=O) groups is 3. The van der Waals surface area contributed by atoms with Gasteiger partial charge in [0.1, 0.15) is 5.57 Å². The second-order valence-electron chi connectivity index (χ2n) is 5.74. The Morgan fingerprint density at radius 2 is 1.96 bits per heavy atom.